The van der Waals surface area contributed by atoms with Gasteiger partial charge in [0, 0.05) is 63.4 Å². The summed E-state index contributed by atoms with van der Waals surface area (Å²) in [5.41, 5.74) is 1.06. The van der Waals surface area contributed by atoms with Crippen molar-refractivity contribution < 1.29 is 9.72 Å². The summed E-state index contributed by atoms with van der Waals surface area (Å²) in [5, 5.41) is 10.8. The van der Waals surface area contributed by atoms with Crippen LogP contribution < -0.4 is 4.90 Å². The minimum Gasteiger partial charge on any atom is -0.370 e. The van der Waals surface area contributed by atoms with E-state index in [-0.39, 0.29) is 11.6 Å². The van der Waals surface area contributed by atoms with Crippen molar-refractivity contribution in [3.05, 3.63) is 46.8 Å². The van der Waals surface area contributed by atoms with Crippen molar-refractivity contribution in [3.63, 3.8) is 0 Å². The molecule has 0 bridgehead atoms. The number of nitrogens with zero attached hydrogens (tertiary/aromatic N) is 5. The fourth-order valence-electron chi connectivity index (χ4n) is 3.18. The molecule has 0 aliphatic carbocycles. The first-order chi connectivity index (χ1) is 12.0. The van der Waals surface area contributed by atoms with E-state index in [9.17, 15) is 14.9 Å². The van der Waals surface area contributed by atoms with Gasteiger partial charge < -0.3 is 19.6 Å². The number of nitro benzene ring substituents is 1. The van der Waals surface area contributed by atoms with Crippen molar-refractivity contribution in [1.29, 1.82) is 0 Å². The standard InChI is InChI=1S/C17H23N5O3/c1-18-9-10-19(14-18)13-17(23)21-8-2-7-20(11-12-21)15-3-5-16(6-4-15)22(24)25/h3-6,9-10H,2,7-8,11-14H2,1H3. The van der Waals surface area contributed by atoms with E-state index < -0.39 is 4.92 Å². The molecule has 0 saturated carbocycles. The molecule has 1 fully saturated rings. The Labute approximate surface area is 147 Å². The van der Waals surface area contributed by atoms with Gasteiger partial charge in [0.05, 0.1) is 18.1 Å². The van der Waals surface area contributed by atoms with Gasteiger partial charge in [-0.15, -0.1) is 0 Å². The maximum atomic E-state index is 12.5. The maximum Gasteiger partial charge on any atom is 0.269 e. The molecule has 3 rings (SSSR count). The average molecular weight is 345 g/mol. The first-order valence-corrected chi connectivity index (χ1v) is 8.43. The second-order valence-electron chi connectivity index (χ2n) is 6.44. The van der Waals surface area contributed by atoms with Crippen molar-refractivity contribution in [2.75, 3.05) is 51.3 Å². The van der Waals surface area contributed by atoms with Crippen LogP contribution in [0.4, 0.5) is 11.4 Å². The average Bonchev–Trinajstić information content (AvgIpc) is 2.86. The highest BCUT2D eigenvalue weighted by molar-refractivity contribution is 5.78. The molecule has 1 amide bonds. The van der Waals surface area contributed by atoms with Gasteiger partial charge in [0.15, 0.2) is 0 Å². The van der Waals surface area contributed by atoms with Gasteiger partial charge >= 0.3 is 0 Å². The molecule has 1 aromatic rings. The van der Waals surface area contributed by atoms with Crippen molar-refractivity contribution in [1.82, 2.24) is 14.7 Å². The van der Waals surface area contributed by atoms with E-state index >= 15 is 0 Å². The zero-order valence-corrected chi connectivity index (χ0v) is 14.4. The second kappa shape index (κ2) is 7.42. The molecular formula is C17H23N5O3. The molecule has 0 spiro atoms. The summed E-state index contributed by atoms with van der Waals surface area (Å²) in [6, 6.07) is 6.61. The third kappa shape index (κ3) is 4.20. The third-order valence-electron chi connectivity index (χ3n) is 4.55. The molecule has 8 nitrogen and oxygen atoms in total. The Hall–Kier alpha value is -2.77. The summed E-state index contributed by atoms with van der Waals surface area (Å²) in [6.07, 6.45) is 4.80. The molecule has 1 aromatic carbocycles. The topological polar surface area (TPSA) is 73.2 Å². The van der Waals surface area contributed by atoms with Crippen LogP contribution in [0.15, 0.2) is 36.7 Å². The monoisotopic (exact) mass is 345 g/mol. The zero-order chi connectivity index (χ0) is 17.8. The van der Waals surface area contributed by atoms with Crippen molar-refractivity contribution in [2.24, 2.45) is 0 Å². The summed E-state index contributed by atoms with van der Waals surface area (Å²) in [6.45, 7) is 4.14. The van der Waals surface area contributed by atoms with Crippen LogP contribution in [-0.2, 0) is 4.79 Å². The fourth-order valence-corrected chi connectivity index (χ4v) is 3.18. The smallest absolute Gasteiger partial charge is 0.269 e. The zero-order valence-electron chi connectivity index (χ0n) is 14.4. The van der Waals surface area contributed by atoms with Crippen LogP contribution in [0, 0.1) is 10.1 Å². The fraction of sp³-hybridized carbons (Fsp3) is 0.471. The lowest BCUT2D eigenvalue weighted by Crippen LogP contribution is -2.41. The minimum atomic E-state index is -0.392. The Balaban J connectivity index is 1.55. The first-order valence-electron chi connectivity index (χ1n) is 8.43. The van der Waals surface area contributed by atoms with E-state index in [1.807, 2.05) is 34.1 Å². The molecule has 25 heavy (non-hydrogen) atoms. The highest BCUT2D eigenvalue weighted by Crippen LogP contribution is 2.20. The lowest BCUT2D eigenvalue weighted by molar-refractivity contribution is -0.384. The normalized spacial score (nSPS) is 17.8. The number of anilines is 1. The van der Waals surface area contributed by atoms with E-state index in [0.717, 1.165) is 38.4 Å². The van der Waals surface area contributed by atoms with Gasteiger partial charge in [0.25, 0.3) is 5.69 Å². The summed E-state index contributed by atoms with van der Waals surface area (Å²) in [5.74, 6) is 0.144. The molecule has 0 atom stereocenters. The quantitative estimate of drug-likeness (QED) is 0.605. The number of benzene rings is 1. The van der Waals surface area contributed by atoms with Gasteiger partial charge in [-0.25, -0.2) is 0 Å². The number of rotatable bonds is 4. The lowest BCUT2D eigenvalue weighted by Gasteiger charge is -2.25. The Morgan fingerprint density at radius 2 is 1.88 bits per heavy atom. The molecule has 8 heteroatoms. The minimum absolute atomic E-state index is 0.0963. The summed E-state index contributed by atoms with van der Waals surface area (Å²) < 4.78 is 0. The number of amides is 1. The highest BCUT2D eigenvalue weighted by Gasteiger charge is 2.22. The predicted molar refractivity (Wildman–Crippen MR) is 95.0 cm³/mol. The molecule has 2 aliphatic heterocycles. The van der Waals surface area contributed by atoms with Gasteiger partial charge in [-0.05, 0) is 18.6 Å². The summed E-state index contributed by atoms with van der Waals surface area (Å²) >= 11 is 0. The number of hydrogen-bond acceptors (Lipinski definition) is 6. The molecule has 0 radical (unpaired) electrons. The van der Waals surface area contributed by atoms with Crippen LogP contribution in [0.25, 0.3) is 0 Å². The van der Waals surface area contributed by atoms with Crippen LogP contribution in [0.1, 0.15) is 6.42 Å². The van der Waals surface area contributed by atoms with Crippen molar-refractivity contribution in [2.45, 2.75) is 6.42 Å². The Morgan fingerprint density at radius 1 is 1.12 bits per heavy atom. The summed E-state index contributed by atoms with van der Waals surface area (Å²) in [4.78, 5) is 31.0. The van der Waals surface area contributed by atoms with Crippen molar-refractivity contribution in [3.8, 4) is 0 Å². The number of carbonyl (C=O) groups excluding carboxylic acids is 1. The Kier molecular flexibility index (Phi) is 5.06. The van der Waals surface area contributed by atoms with Crippen LogP contribution in [0.2, 0.25) is 0 Å². The van der Waals surface area contributed by atoms with Gasteiger partial charge in [0.1, 0.15) is 0 Å². The highest BCUT2D eigenvalue weighted by atomic mass is 16.6. The van der Waals surface area contributed by atoms with Gasteiger partial charge in [-0.2, -0.15) is 0 Å². The van der Waals surface area contributed by atoms with Crippen LogP contribution in [0.5, 0.6) is 0 Å². The maximum absolute atomic E-state index is 12.5. The largest absolute Gasteiger partial charge is 0.370 e. The molecule has 1 saturated heterocycles. The van der Waals surface area contributed by atoms with Crippen molar-refractivity contribution >= 4 is 17.3 Å². The van der Waals surface area contributed by atoms with Crippen LogP contribution in [-0.4, -0.2) is 72.0 Å². The number of nitro groups is 1. The number of carbonyl (C=O) groups is 1. The Morgan fingerprint density at radius 3 is 2.52 bits per heavy atom. The Bertz CT molecular complexity index is 661. The third-order valence-corrected chi connectivity index (χ3v) is 4.55. The predicted octanol–water partition coefficient (Wildman–Crippen LogP) is 1.31. The molecule has 134 valence electrons. The molecule has 2 heterocycles. The van der Waals surface area contributed by atoms with E-state index in [4.69, 9.17) is 0 Å². The van der Waals surface area contributed by atoms with E-state index in [1.54, 1.807) is 12.1 Å². The van der Waals surface area contributed by atoms with Gasteiger partial charge in [-0.3, -0.25) is 14.9 Å². The van der Waals surface area contributed by atoms with E-state index in [2.05, 4.69) is 4.90 Å². The van der Waals surface area contributed by atoms with E-state index in [1.165, 1.54) is 12.1 Å². The first kappa shape index (κ1) is 17.1. The lowest BCUT2D eigenvalue weighted by atomic mass is 10.2. The number of non-ortho nitro benzene ring substituents is 1. The van der Waals surface area contributed by atoms with Crippen LogP contribution in [0.3, 0.4) is 0 Å². The molecule has 0 unspecified atom stereocenters. The SMILES string of the molecule is CN1C=CN(CC(=O)N2CCCN(c3ccc([N+](=O)[O-])cc3)CC2)C1. The second-order valence-corrected chi connectivity index (χ2v) is 6.44. The molecular weight excluding hydrogens is 322 g/mol. The van der Waals surface area contributed by atoms with E-state index in [0.29, 0.717) is 13.1 Å². The van der Waals surface area contributed by atoms with Gasteiger partial charge in [-0.1, -0.05) is 0 Å². The molecule has 2 aliphatic rings. The molecule has 0 N–H and O–H groups in total. The molecule has 0 aromatic heterocycles. The van der Waals surface area contributed by atoms with Crippen LogP contribution >= 0.6 is 0 Å². The summed E-state index contributed by atoms with van der Waals surface area (Å²) in [7, 11) is 1.98. The number of hydrogen-bond donors (Lipinski definition) is 0. The van der Waals surface area contributed by atoms with Gasteiger partial charge in [0.2, 0.25) is 5.91 Å².